The molecule has 1 aliphatic heterocycles. The third kappa shape index (κ3) is 2.96. The molecule has 1 unspecified atom stereocenters. The highest BCUT2D eigenvalue weighted by Crippen LogP contribution is 2.22. The lowest BCUT2D eigenvalue weighted by atomic mass is 10.2. The molecule has 1 amide bonds. The smallest absolute Gasteiger partial charge is 0.292 e. The number of fused-ring (bicyclic) bond motifs is 1. The van der Waals surface area contributed by atoms with E-state index in [2.05, 4.69) is 30.3 Å². The van der Waals surface area contributed by atoms with Crippen LogP contribution < -0.4 is 10.2 Å². The maximum Gasteiger partial charge on any atom is 0.292 e. The van der Waals surface area contributed by atoms with Crippen LogP contribution in [0.25, 0.3) is 17.1 Å². The summed E-state index contributed by atoms with van der Waals surface area (Å²) >= 11 is 0. The topological polar surface area (TPSA) is 101 Å². The fourth-order valence-electron chi connectivity index (χ4n) is 3.40. The van der Waals surface area contributed by atoms with Crippen molar-refractivity contribution in [3.05, 3.63) is 60.9 Å². The van der Waals surface area contributed by atoms with Crippen LogP contribution >= 0.6 is 0 Å². The number of benzene rings is 1. The zero-order valence-electron chi connectivity index (χ0n) is 14.9. The number of nitrogens with zero attached hydrogens (tertiary/aromatic N) is 6. The SMILES string of the molecule is O=C(NC1CCN(c2nccn3ccnc23)C1)c1noc(-c2ccccc2)n1. The number of hydrogen-bond donors (Lipinski definition) is 1. The Labute approximate surface area is 160 Å². The van der Waals surface area contributed by atoms with E-state index in [0.717, 1.165) is 30.0 Å². The molecule has 5 rings (SSSR count). The number of carbonyl (C=O) groups excluding carboxylic acids is 1. The summed E-state index contributed by atoms with van der Waals surface area (Å²) in [6, 6.07) is 9.34. The molecule has 3 aromatic heterocycles. The van der Waals surface area contributed by atoms with Crippen molar-refractivity contribution in [3.63, 3.8) is 0 Å². The van der Waals surface area contributed by atoms with Crippen molar-refractivity contribution in [1.82, 2.24) is 29.8 Å². The Hall–Kier alpha value is -3.75. The summed E-state index contributed by atoms with van der Waals surface area (Å²) in [4.78, 5) is 27.7. The highest BCUT2D eigenvalue weighted by Gasteiger charge is 2.28. The Kier molecular flexibility index (Phi) is 3.97. The minimum Gasteiger partial charge on any atom is -0.351 e. The summed E-state index contributed by atoms with van der Waals surface area (Å²) in [6.45, 7) is 1.43. The zero-order chi connectivity index (χ0) is 18.9. The largest absolute Gasteiger partial charge is 0.351 e. The van der Waals surface area contributed by atoms with Crippen LogP contribution in [0, 0.1) is 0 Å². The predicted octanol–water partition coefficient (Wildman–Crippen LogP) is 1.79. The van der Waals surface area contributed by atoms with E-state index in [0.29, 0.717) is 12.4 Å². The van der Waals surface area contributed by atoms with Gasteiger partial charge in [-0.05, 0) is 18.6 Å². The molecule has 0 bridgehead atoms. The van der Waals surface area contributed by atoms with Gasteiger partial charge in [0.1, 0.15) is 0 Å². The molecule has 9 heteroatoms. The number of amides is 1. The van der Waals surface area contributed by atoms with E-state index in [1.54, 1.807) is 12.4 Å². The molecule has 1 saturated heterocycles. The minimum absolute atomic E-state index is 0.0248. The summed E-state index contributed by atoms with van der Waals surface area (Å²) in [5.74, 6) is 0.833. The summed E-state index contributed by atoms with van der Waals surface area (Å²) in [5.41, 5.74) is 1.58. The number of anilines is 1. The van der Waals surface area contributed by atoms with Gasteiger partial charge in [0, 0.05) is 49.5 Å². The number of carbonyl (C=O) groups is 1. The van der Waals surface area contributed by atoms with Crippen molar-refractivity contribution in [2.24, 2.45) is 0 Å². The lowest BCUT2D eigenvalue weighted by molar-refractivity contribution is 0.0927. The van der Waals surface area contributed by atoms with Gasteiger partial charge in [0.15, 0.2) is 11.5 Å². The summed E-state index contributed by atoms with van der Waals surface area (Å²) < 4.78 is 7.14. The molecule has 1 fully saturated rings. The molecular formula is C19H17N7O2. The second kappa shape index (κ2) is 6.76. The number of aromatic nitrogens is 5. The van der Waals surface area contributed by atoms with Crippen LogP contribution in [0.15, 0.2) is 59.6 Å². The summed E-state index contributed by atoms with van der Waals surface area (Å²) in [5, 5.41) is 6.79. The molecule has 1 aliphatic rings. The van der Waals surface area contributed by atoms with Crippen LogP contribution in [0.3, 0.4) is 0 Å². The second-order valence-corrected chi connectivity index (χ2v) is 6.60. The van der Waals surface area contributed by atoms with Gasteiger partial charge in [-0.3, -0.25) is 4.79 Å². The van der Waals surface area contributed by atoms with Gasteiger partial charge in [-0.2, -0.15) is 4.98 Å². The van der Waals surface area contributed by atoms with Gasteiger partial charge in [0.05, 0.1) is 0 Å². The van der Waals surface area contributed by atoms with Gasteiger partial charge in [-0.15, -0.1) is 0 Å². The molecule has 4 aromatic rings. The molecule has 28 heavy (non-hydrogen) atoms. The molecule has 0 spiro atoms. The normalized spacial score (nSPS) is 16.6. The third-order valence-electron chi connectivity index (χ3n) is 4.77. The maximum atomic E-state index is 12.5. The maximum absolute atomic E-state index is 12.5. The third-order valence-corrected chi connectivity index (χ3v) is 4.77. The molecule has 4 heterocycles. The van der Waals surface area contributed by atoms with Gasteiger partial charge >= 0.3 is 0 Å². The molecule has 1 N–H and O–H groups in total. The molecule has 140 valence electrons. The van der Waals surface area contributed by atoms with Gasteiger partial charge in [-0.1, -0.05) is 23.4 Å². The Bertz CT molecular complexity index is 1120. The first kappa shape index (κ1) is 16.4. The number of nitrogens with one attached hydrogen (secondary N) is 1. The van der Waals surface area contributed by atoms with E-state index in [4.69, 9.17) is 4.52 Å². The van der Waals surface area contributed by atoms with Crippen LogP contribution in [0.1, 0.15) is 17.0 Å². The van der Waals surface area contributed by atoms with Crippen molar-refractivity contribution >= 4 is 17.4 Å². The zero-order valence-corrected chi connectivity index (χ0v) is 14.9. The van der Waals surface area contributed by atoms with E-state index < -0.39 is 0 Å². The number of rotatable bonds is 4. The highest BCUT2D eigenvalue weighted by atomic mass is 16.5. The van der Waals surface area contributed by atoms with E-state index in [-0.39, 0.29) is 17.8 Å². The first-order valence-electron chi connectivity index (χ1n) is 9.00. The molecule has 1 aromatic carbocycles. The van der Waals surface area contributed by atoms with Crippen molar-refractivity contribution in [2.45, 2.75) is 12.5 Å². The van der Waals surface area contributed by atoms with Crippen molar-refractivity contribution < 1.29 is 9.32 Å². The van der Waals surface area contributed by atoms with Crippen LogP contribution in [0.5, 0.6) is 0 Å². The Morgan fingerprint density at radius 3 is 2.82 bits per heavy atom. The quantitative estimate of drug-likeness (QED) is 0.580. The average molecular weight is 375 g/mol. The molecule has 0 saturated carbocycles. The number of hydrogen-bond acceptors (Lipinski definition) is 7. The lowest BCUT2D eigenvalue weighted by Gasteiger charge is -2.18. The van der Waals surface area contributed by atoms with Gasteiger partial charge < -0.3 is 19.1 Å². The summed E-state index contributed by atoms with van der Waals surface area (Å²) in [6.07, 6.45) is 8.05. The van der Waals surface area contributed by atoms with Crippen LogP contribution in [-0.4, -0.2) is 49.5 Å². The monoisotopic (exact) mass is 375 g/mol. The molecular weight excluding hydrogens is 358 g/mol. The Morgan fingerprint density at radius 1 is 1.14 bits per heavy atom. The lowest BCUT2D eigenvalue weighted by Crippen LogP contribution is -2.37. The molecule has 9 nitrogen and oxygen atoms in total. The average Bonchev–Trinajstić information content (AvgIpc) is 3.48. The van der Waals surface area contributed by atoms with Crippen LogP contribution in [0.4, 0.5) is 5.82 Å². The predicted molar refractivity (Wildman–Crippen MR) is 101 cm³/mol. The van der Waals surface area contributed by atoms with Gasteiger partial charge in [0.25, 0.3) is 17.6 Å². The van der Waals surface area contributed by atoms with E-state index in [1.165, 1.54) is 0 Å². The first-order valence-corrected chi connectivity index (χ1v) is 9.00. The van der Waals surface area contributed by atoms with E-state index >= 15 is 0 Å². The molecule has 0 radical (unpaired) electrons. The minimum atomic E-state index is -0.343. The summed E-state index contributed by atoms with van der Waals surface area (Å²) in [7, 11) is 0. The standard InChI is InChI=1S/C19H17N7O2/c27-18(15-23-19(28-24-15)13-4-2-1-3-5-13)22-14-6-9-26(12-14)17-16-20-7-10-25(16)11-8-21-17/h1-5,7-8,10-11,14H,6,9,12H2,(H,22,27). The highest BCUT2D eigenvalue weighted by molar-refractivity contribution is 5.91. The number of imidazole rings is 1. The van der Waals surface area contributed by atoms with Gasteiger partial charge in [-0.25, -0.2) is 9.97 Å². The molecule has 0 aliphatic carbocycles. The Morgan fingerprint density at radius 2 is 1.96 bits per heavy atom. The van der Waals surface area contributed by atoms with Crippen LogP contribution in [0.2, 0.25) is 0 Å². The van der Waals surface area contributed by atoms with E-state index in [9.17, 15) is 4.79 Å². The fraction of sp³-hybridized carbons (Fsp3) is 0.211. The fourth-order valence-corrected chi connectivity index (χ4v) is 3.40. The van der Waals surface area contributed by atoms with Gasteiger partial charge in [0.2, 0.25) is 0 Å². The second-order valence-electron chi connectivity index (χ2n) is 6.60. The van der Waals surface area contributed by atoms with E-state index in [1.807, 2.05) is 47.1 Å². The van der Waals surface area contributed by atoms with Crippen molar-refractivity contribution in [1.29, 1.82) is 0 Å². The molecule has 1 atom stereocenters. The Balaban J connectivity index is 1.27. The first-order chi connectivity index (χ1) is 13.8. The van der Waals surface area contributed by atoms with Crippen molar-refractivity contribution in [3.8, 4) is 11.5 Å². The van der Waals surface area contributed by atoms with Crippen molar-refractivity contribution in [2.75, 3.05) is 18.0 Å². The van der Waals surface area contributed by atoms with Crippen LogP contribution in [-0.2, 0) is 0 Å².